The fourth-order valence-electron chi connectivity index (χ4n) is 2.00. The van der Waals surface area contributed by atoms with E-state index in [2.05, 4.69) is 61.9 Å². The van der Waals surface area contributed by atoms with E-state index in [1.807, 2.05) is 0 Å². The zero-order valence-corrected chi connectivity index (χ0v) is 12.4. The highest BCUT2D eigenvalue weighted by molar-refractivity contribution is 9.10. The van der Waals surface area contributed by atoms with Crippen LogP contribution in [0.5, 0.6) is 0 Å². The SMILES string of the molecule is CC1COCCN1c1cc(Br)ccc1CBr. The van der Waals surface area contributed by atoms with Crippen molar-refractivity contribution in [3.8, 4) is 0 Å². The Morgan fingerprint density at radius 1 is 1.50 bits per heavy atom. The summed E-state index contributed by atoms with van der Waals surface area (Å²) in [5.74, 6) is 0. The van der Waals surface area contributed by atoms with Crippen LogP contribution in [0.15, 0.2) is 22.7 Å². The summed E-state index contributed by atoms with van der Waals surface area (Å²) in [6.07, 6.45) is 0. The van der Waals surface area contributed by atoms with E-state index < -0.39 is 0 Å². The molecule has 4 heteroatoms. The Kier molecular flexibility index (Phi) is 4.27. The Morgan fingerprint density at radius 2 is 2.31 bits per heavy atom. The molecule has 1 aliphatic rings. The molecule has 0 saturated carbocycles. The number of nitrogens with zero attached hydrogens (tertiary/aromatic N) is 1. The third-order valence-electron chi connectivity index (χ3n) is 2.87. The summed E-state index contributed by atoms with van der Waals surface area (Å²) < 4.78 is 6.60. The third-order valence-corrected chi connectivity index (χ3v) is 3.97. The van der Waals surface area contributed by atoms with Crippen molar-refractivity contribution >= 4 is 37.5 Å². The van der Waals surface area contributed by atoms with Crippen LogP contribution in [0, 0.1) is 0 Å². The number of halogens is 2. The van der Waals surface area contributed by atoms with Crippen molar-refractivity contribution in [3.63, 3.8) is 0 Å². The molecule has 1 atom stereocenters. The summed E-state index contributed by atoms with van der Waals surface area (Å²) in [4.78, 5) is 2.42. The average molecular weight is 349 g/mol. The topological polar surface area (TPSA) is 12.5 Å². The summed E-state index contributed by atoms with van der Waals surface area (Å²) >= 11 is 7.09. The Morgan fingerprint density at radius 3 is 3.00 bits per heavy atom. The molecule has 0 radical (unpaired) electrons. The lowest BCUT2D eigenvalue weighted by Gasteiger charge is -2.36. The molecule has 0 spiro atoms. The van der Waals surface area contributed by atoms with E-state index >= 15 is 0 Å². The number of hydrogen-bond acceptors (Lipinski definition) is 2. The van der Waals surface area contributed by atoms with Gasteiger partial charge in [-0.05, 0) is 24.6 Å². The molecule has 2 rings (SSSR count). The maximum absolute atomic E-state index is 5.47. The average Bonchev–Trinajstić information content (AvgIpc) is 2.29. The monoisotopic (exact) mass is 347 g/mol. The summed E-state index contributed by atoms with van der Waals surface area (Å²) in [7, 11) is 0. The Bertz CT molecular complexity index is 370. The van der Waals surface area contributed by atoms with E-state index in [0.717, 1.165) is 29.6 Å². The third kappa shape index (κ3) is 2.60. The molecule has 0 N–H and O–H groups in total. The predicted molar refractivity (Wildman–Crippen MR) is 74.4 cm³/mol. The first-order valence-corrected chi connectivity index (χ1v) is 7.32. The normalized spacial score (nSPS) is 21.2. The largest absolute Gasteiger partial charge is 0.377 e. The zero-order valence-electron chi connectivity index (χ0n) is 9.25. The second-order valence-electron chi connectivity index (χ2n) is 4.02. The van der Waals surface area contributed by atoms with E-state index in [-0.39, 0.29) is 0 Å². The van der Waals surface area contributed by atoms with Crippen LogP contribution < -0.4 is 4.90 Å². The van der Waals surface area contributed by atoms with Crippen molar-refractivity contribution in [1.82, 2.24) is 0 Å². The predicted octanol–water partition coefficient (Wildman–Crippen LogP) is 3.57. The molecule has 1 fully saturated rings. The number of morpholine rings is 1. The molecular formula is C12H15Br2NO. The van der Waals surface area contributed by atoms with Crippen molar-refractivity contribution < 1.29 is 4.74 Å². The van der Waals surface area contributed by atoms with Gasteiger partial charge in [-0.25, -0.2) is 0 Å². The lowest BCUT2D eigenvalue weighted by Crippen LogP contribution is -2.44. The summed E-state index contributed by atoms with van der Waals surface area (Å²) in [6, 6.07) is 6.89. The molecule has 0 bridgehead atoms. The maximum Gasteiger partial charge on any atom is 0.0668 e. The Hall–Kier alpha value is -0.0600. The number of hydrogen-bond donors (Lipinski definition) is 0. The lowest BCUT2D eigenvalue weighted by molar-refractivity contribution is 0.0989. The van der Waals surface area contributed by atoms with Crippen molar-refractivity contribution in [1.29, 1.82) is 0 Å². The minimum atomic E-state index is 0.445. The van der Waals surface area contributed by atoms with Crippen LogP contribution >= 0.6 is 31.9 Å². The second kappa shape index (κ2) is 5.52. The number of anilines is 1. The Balaban J connectivity index is 2.33. The van der Waals surface area contributed by atoms with Crippen molar-refractivity contribution in [2.75, 3.05) is 24.7 Å². The van der Waals surface area contributed by atoms with Gasteiger partial charge in [0.25, 0.3) is 0 Å². The zero-order chi connectivity index (χ0) is 11.5. The molecule has 1 aromatic rings. The highest BCUT2D eigenvalue weighted by Gasteiger charge is 2.21. The molecule has 0 aliphatic carbocycles. The molecule has 1 unspecified atom stereocenters. The van der Waals surface area contributed by atoms with Crippen molar-refractivity contribution in [2.45, 2.75) is 18.3 Å². The molecule has 2 nitrogen and oxygen atoms in total. The lowest BCUT2D eigenvalue weighted by atomic mass is 10.1. The second-order valence-corrected chi connectivity index (χ2v) is 5.50. The van der Waals surface area contributed by atoms with E-state index in [1.165, 1.54) is 11.3 Å². The van der Waals surface area contributed by atoms with Gasteiger partial charge >= 0.3 is 0 Å². The van der Waals surface area contributed by atoms with Gasteiger partial charge in [-0.15, -0.1) is 0 Å². The van der Waals surface area contributed by atoms with Crippen LogP contribution in [0.3, 0.4) is 0 Å². The summed E-state index contributed by atoms with van der Waals surface area (Å²) in [6.45, 7) is 4.81. The molecular weight excluding hydrogens is 334 g/mol. The molecule has 1 heterocycles. The van der Waals surface area contributed by atoms with Gasteiger partial charge in [-0.3, -0.25) is 0 Å². The quantitative estimate of drug-likeness (QED) is 0.757. The van der Waals surface area contributed by atoms with Crippen LogP contribution in [-0.2, 0) is 10.1 Å². The molecule has 1 aromatic carbocycles. The molecule has 0 aromatic heterocycles. The molecule has 1 saturated heterocycles. The molecule has 88 valence electrons. The number of ether oxygens (including phenoxy) is 1. The van der Waals surface area contributed by atoms with Crippen LogP contribution in [0.1, 0.15) is 12.5 Å². The smallest absolute Gasteiger partial charge is 0.0668 e. The van der Waals surface area contributed by atoms with E-state index in [1.54, 1.807) is 0 Å². The highest BCUT2D eigenvalue weighted by Crippen LogP contribution is 2.29. The summed E-state index contributed by atoms with van der Waals surface area (Å²) in [5.41, 5.74) is 2.64. The van der Waals surface area contributed by atoms with Gasteiger partial charge in [0.15, 0.2) is 0 Å². The first kappa shape index (κ1) is 12.4. The van der Waals surface area contributed by atoms with Gasteiger partial charge in [-0.2, -0.15) is 0 Å². The number of benzene rings is 1. The number of alkyl halides is 1. The van der Waals surface area contributed by atoms with E-state index in [0.29, 0.717) is 6.04 Å². The van der Waals surface area contributed by atoms with Gasteiger partial charge in [-0.1, -0.05) is 37.9 Å². The standard InChI is InChI=1S/C12H15Br2NO/c1-9-8-16-5-4-15(9)12-6-11(14)3-2-10(12)7-13/h2-3,6,9H,4-5,7-8H2,1H3. The van der Waals surface area contributed by atoms with Gasteiger partial charge in [0, 0.05) is 28.1 Å². The summed E-state index contributed by atoms with van der Waals surface area (Å²) in [5, 5.41) is 0.889. The van der Waals surface area contributed by atoms with E-state index in [4.69, 9.17) is 4.74 Å². The fraction of sp³-hybridized carbons (Fsp3) is 0.500. The van der Waals surface area contributed by atoms with E-state index in [9.17, 15) is 0 Å². The molecule has 1 aliphatic heterocycles. The first-order chi connectivity index (χ1) is 7.72. The van der Waals surface area contributed by atoms with Crippen LogP contribution in [0.2, 0.25) is 0 Å². The fourth-order valence-corrected chi connectivity index (χ4v) is 2.83. The maximum atomic E-state index is 5.47. The van der Waals surface area contributed by atoms with Crippen LogP contribution in [0.4, 0.5) is 5.69 Å². The van der Waals surface area contributed by atoms with Gasteiger partial charge in [0.1, 0.15) is 0 Å². The number of rotatable bonds is 2. The molecule has 16 heavy (non-hydrogen) atoms. The first-order valence-electron chi connectivity index (χ1n) is 5.41. The Labute approximate surface area is 113 Å². The van der Waals surface area contributed by atoms with Gasteiger partial charge < -0.3 is 9.64 Å². The minimum absolute atomic E-state index is 0.445. The van der Waals surface area contributed by atoms with Crippen molar-refractivity contribution in [2.24, 2.45) is 0 Å². The van der Waals surface area contributed by atoms with Crippen molar-refractivity contribution in [3.05, 3.63) is 28.2 Å². The van der Waals surface area contributed by atoms with Crippen LogP contribution in [-0.4, -0.2) is 25.8 Å². The van der Waals surface area contributed by atoms with Gasteiger partial charge in [0.05, 0.1) is 13.2 Å². The molecule has 0 amide bonds. The van der Waals surface area contributed by atoms with Gasteiger partial charge in [0.2, 0.25) is 0 Å². The highest BCUT2D eigenvalue weighted by atomic mass is 79.9. The minimum Gasteiger partial charge on any atom is -0.377 e. The van der Waals surface area contributed by atoms with Crippen LogP contribution in [0.25, 0.3) is 0 Å².